The summed E-state index contributed by atoms with van der Waals surface area (Å²) in [5, 5.41) is 6.13. The third kappa shape index (κ3) is 1.71. The van der Waals surface area contributed by atoms with Crippen molar-refractivity contribution in [3.63, 3.8) is 0 Å². The SMILES string of the molecule is Nc1cc2c(cc1C(=O)Nc1ccon1)OCO2. The quantitative estimate of drug-likeness (QED) is 0.774. The van der Waals surface area contributed by atoms with Gasteiger partial charge in [-0.3, -0.25) is 4.79 Å². The summed E-state index contributed by atoms with van der Waals surface area (Å²) in [4.78, 5) is 12.0. The van der Waals surface area contributed by atoms with Crippen molar-refractivity contribution in [1.82, 2.24) is 5.16 Å². The molecule has 1 amide bonds. The standard InChI is InChI=1S/C11H9N3O4/c12-7-4-9-8(16-5-17-9)3-6(7)11(15)13-10-1-2-18-14-10/h1-4H,5,12H2,(H,13,14,15). The van der Waals surface area contributed by atoms with Crippen LogP contribution in [0.2, 0.25) is 0 Å². The van der Waals surface area contributed by atoms with Crippen molar-refractivity contribution in [3.8, 4) is 11.5 Å². The number of nitrogens with two attached hydrogens (primary N) is 1. The number of nitrogens with one attached hydrogen (secondary N) is 1. The molecule has 1 aliphatic rings. The highest BCUT2D eigenvalue weighted by molar-refractivity contribution is 6.07. The van der Waals surface area contributed by atoms with Gasteiger partial charge in [0.15, 0.2) is 17.3 Å². The zero-order valence-electron chi connectivity index (χ0n) is 9.17. The first kappa shape index (κ1) is 10.5. The number of hydrogen-bond acceptors (Lipinski definition) is 6. The van der Waals surface area contributed by atoms with Crippen molar-refractivity contribution < 1.29 is 18.8 Å². The van der Waals surface area contributed by atoms with Gasteiger partial charge in [-0.1, -0.05) is 5.16 Å². The lowest BCUT2D eigenvalue weighted by Crippen LogP contribution is -2.14. The van der Waals surface area contributed by atoms with Gasteiger partial charge in [-0.25, -0.2) is 0 Å². The van der Waals surface area contributed by atoms with Crippen molar-refractivity contribution in [3.05, 3.63) is 30.0 Å². The molecule has 0 aliphatic carbocycles. The molecule has 1 aromatic heterocycles. The molecule has 0 saturated carbocycles. The molecule has 0 bridgehead atoms. The Balaban J connectivity index is 1.90. The van der Waals surface area contributed by atoms with E-state index < -0.39 is 0 Å². The number of nitrogen functional groups attached to an aromatic ring is 1. The van der Waals surface area contributed by atoms with Crippen LogP contribution in [-0.2, 0) is 0 Å². The predicted octanol–water partition coefficient (Wildman–Crippen LogP) is 1.24. The summed E-state index contributed by atoms with van der Waals surface area (Å²) in [6.07, 6.45) is 1.36. The van der Waals surface area contributed by atoms with E-state index in [1.807, 2.05) is 0 Å². The summed E-state index contributed by atoms with van der Waals surface area (Å²) in [6.45, 7) is 0.128. The molecule has 0 saturated heterocycles. The van der Waals surface area contributed by atoms with Gasteiger partial charge in [0.2, 0.25) is 6.79 Å². The minimum atomic E-state index is -0.389. The number of carbonyl (C=O) groups is 1. The highest BCUT2D eigenvalue weighted by atomic mass is 16.7. The Morgan fingerprint density at radius 3 is 2.83 bits per heavy atom. The topological polar surface area (TPSA) is 99.6 Å². The van der Waals surface area contributed by atoms with Crippen LogP contribution in [0.25, 0.3) is 0 Å². The number of anilines is 2. The minimum Gasteiger partial charge on any atom is -0.454 e. The van der Waals surface area contributed by atoms with Gasteiger partial charge in [0.05, 0.1) is 5.56 Å². The van der Waals surface area contributed by atoms with E-state index in [-0.39, 0.29) is 12.7 Å². The van der Waals surface area contributed by atoms with Crippen molar-refractivity contribution in [2.75, 3.05) is 17.8 Å². The van der Waals surface area contributed by atoms with Gasteiger partial charge >= 0.3 is 0 Å². The van der Waals surface area contributed by atoms with E-state index in [1.165, 1.54) is 18.4 Å². The van der Waals surface area contributed by atoms with Crippen LogP contribution in [0.1, 0.15) is 10.4 Å². The van der Waals surface area contributed by atoms with Gasteiger partial charge < -0.3 is 25.0 Å². The summed E-state index contributed by atoms with van der Waals surface area (Å²) in [7, 11) is 0. The van der Waals surface area contributed by atoms with Gasteiger partial charge in [-0.05, 0) is 6.07 Å². The van der Waals surface area contributed by atoms with E-state index in [0.29, 0.717) is 28.6 Å². The van der Waals surface area contributed by atoms with Crippen LogP contribution in [0.15, 0.2) is 29.0 Å². The number of hydrogen-bond donors (Lipinski definition) is 2. The van der Waals surface area contributed by atoms with E-state index in [1.54, 1.807) is 6.07 Å². The van der Waals surface area contributed by atoms with Gasteiger partial charge in [0.25, 0.3) is 5.91 Å². The highest BCUT2D eigenvalue weighted by Gasteiger charge is 2.20. The Bertz CT molecular complexity index is 595. The van der Waals surface area contributed by atoms with Crippen LogP contribution >= 0.6 is 0 Å². The molecule has 2 heterocycles. The molecular weight excluding hydrogens is 238 g/mol. The average molecular weight is 247 g/mol. The molecule has 3 rings (SSSR count). The van der Waals surface area contributed by atoms with Crippen LogP contribution in [-0.4, -0.2) is 17.9 Å². The minimum absolute atomic E-state index is 0.128. The molecule has 2 aromatic rings. The number of benzene rings is 1. The molecule has 0 fully saturated rings. The first-order valence-electron chi connectivity index (χ1n) is 5.15. The zero-order chi connectivity index (χ0) is 12.5. The Morgan fingerprint density at radius 1 is 1.33 bits per heavy atom. The average Bonchev–Trinajstić information content (AvgIpc) is 2.98. The Hall–Kier alpha value is -2.70. The lowest BCUT2D eigenvalue weighted by Gasteiger charge is -2.06. The highest BCUT2D eigenvalue weighted by Crippen LogP contribution is 2.36. The summed E-state index contributed by atoms with van der Waals surface area (Å²) >= 11 is 0. The van der Waals surface area contributed by atoms with Crippen molar-refractivity contribution in [2.24, 2.45) is 0 Å². The van der Waals surface area contributed by atoms with E-state index in [2.05, 4.69) is 15.0 Å². The predicted molar refractivity (Wildman–Crippen MR) is 61.4 cm³/mol. The zero-order valence-corrected chi connectivity index (χ0v) is 9.17. The second-order valence-corrected chi connectivity index (χ2v) is 3.63. The molecule has 3 N–H and O–H groups in total. The lowest BCUT2D eigenvalue weighted by atomic mass is 10.1. The summed E-state index contributed by atoms with van der Waals surface area (Å²) in [5.74, 6) is 0.955. The molecule has 0 radical (unpaired) electrons. The summed E-state index contributed by atoms with van der Waals surface area (Å²) < 4.78 is 15.0. The number of aromatic nitrogens is 1. The van der Waals surface area contributed by atoms with Crippen molar-refractivity contribution >= 4 is 17.4 Å². The smallest absolute Gasteiger partial charge is 0.259 e. The number of nitrogens with zero attached hydrogens (tertiary/aromatic N) is 1. The number of ether oxygens (including phenoxy) is 2. The molecule has 18 heavy (non-hydrogen) atoms. The largest absolute Gasteiger partial charge is 0.454 e. The molecule has 0 atom stereocenters. The Labute approximate surface area is 101 Å². The maximum Gasteiger partial charge on any atom is 0.259 e. The Kier molecular flexibility index (Phi) is 2.30. The van der Waals surface area contributed by atoms with E-state index in [9.17, 15) is 4.79 Å². The van der Waals surface area contributed by atoms with Crippen LogP contribution in [0.3, 0.4) is 0 Å². The summed E-state index contributed by atoms with van der Waals surface area (Å²) in [6, 6.07) is 4.62. The number of amides is 1. The fourth-order valence-corrected chi connectivity index (χ4v) is 1.61. The monoisotopic (exact) mass is 247 g/mol. The maximum absolute atomic E-state index is 12.0. The van der Waals surface area contributed by atoms with Crippen LogP contribution < -0.4 is 20.5 Å². The third-order valence-corrected chi connectivity index (χ3v) is 2.47. The van der Waals surface area contributed by atoms with Crippen LogP contribution in [0.5, 0.6) is 11.5 Å². The maximum atomic E-state index is 12.0. The fraction of sp³-hybridized carbons (Fsp3) is 0.0909. The number of carbonyl (C=O) groups excluding carboxylic acids is 1. The normalized spacial score (nSPS) is 12.4. The van der Waals surface area contributed by atoms with Gasteiger partial charge in [-0.2, -0.15) is 0 Å². The molecule has 1 aliphatic heterocycles. The van der Waals surface area contributed by atoms with Gasteiger partial charge in [-0.15, -0.1) is 0 Å². The number of rotatable bonds is 2. The molecule has 0 unspecified atom stereocenters. The number of fused-ring (bicyclic) bond motifs is 1. The first-order chi connectivity index (χ1) is 8.74. The second kappa shape index (κ2) is 3.95. The molecule has 92 valence electrons. The summed E-state index contributed by atoms with van der Waals surface area (Å²) in [5.41, 5.74) is 6.38. The molecule has 7 heteroatoms. The molecular formula is C11H9N3O4. The van der Waals surface area contributed by atoms with E-state index >= 15 is 0 Å². The van der Waals surface area contributed by atoms with Crippen LogP contribution in [0.4, 0.5) is 11.5 Å². The van der Waals surface area contributed by atoms with Gasteiger partial charge in [0.1, 0.15) is 6.26 Å². The fourth-order valence-electron chi connectivity index (χ4n) is 1.61. The lowest BCUT2D eigenvalue weighted by molar-refractivity contribution is 0.102. The molecule has 7 nitrogen and oxygen atoms in total. The van der Waals surface area contributed by atoms with Gasteiger partial charge in [0, 0.05) is 17.8 Å². The third-order valence-electron chi connectivity index (χ3n) is 2.47. The van der Waals surface area contributed by atoms with Crippen molar-refractivity contribution in [2.45, 2.75) is 0 Å². The van der Waals surface area contributed by atoms with Crippen molar-refractivity contribution in [1.29, 1.82) is 0 Å². The second-order valence-electron chi connectivity index (χ2n) is 3.63. The molecule has 0 spiro atoms. The molecule has 1 aromatic carbocycles. The first-order valence-corrected chi connectivity index (χ1v) is 5.15. The Morgan fingerprint density at radius 2 is 2.11 bits per heavy atom. The van der Waals surface area contributed by atoms with Crippen LogP contribution in [0, 0.1) is 0 Å². The van der Waals surface area contributed by atoms with E-state index in [4.69, 9.17) is 15.2 Å². The van der Waals surface area contributed by atoms with E-state index in [0.717, 1.165) is 0 Å².